The molecule has 0 radical (unpaired) electrons. The van der Waals surface area contributed by atoms with Crippen molar-refractivity contribution in [1.82, 2.24) is 0 Å². The summed E-state index contributed by atoms with van der Waals surface area (Å²) in [6.45, 7) is 7.33. The van der Waals surface area contributed by atoms with Crippen molar-refractivity contribution < 1.29 is 4.79 Å². The third-order valence-electron chi connectivity index (χ3n) is 8.06. The van der Waals surface area contributed by atoms with Gasteiger partial charge in [0.2, 0.25) is 0 Å². The van der Waals surface area contributed by atoms with Crippen molar-refractivity contribution in [2.45, 2.75) is 70.5 Å². The summed E-state index contributed by atoms with van der Waals surface area (Å²) >= 11 is 3.96. The topological polar surface area (TPSA) is 17.1 Å². The number of allylic oxidation sites excluding steroid dienone is 4. The van der Waals surface area contributed by atoms with E-state index >= 15 is 0 Å². The van der Waals surface area contributed by atoms with Gasteiger partial charge in [-0.25, -0.2) is 0 Å². The van der Waals surface area contributed by atoms with Crippen LogP contribution in [-0.4, -0.2) is 10.6 Å². The zero-order valence-corrected chi connectivity index (χ0v) is 16.3. The summed E-state index contributed by atoms with van der Waals surface area (Å²) in [4.78, 5) is 12.4. The molecule has 6 atom stereocenters. The smallest absolute Gasteiger partial charge is 0.155 e. The van der Waals surface area contributed by atoms with Crippen LogP contribution in [0.3, 0.4) is 0 Å². The van der Waals surface area contributed by atoms with Gasteiger partial charge in [0.1, 0.15) is 0 Å². The molecule has 0 spiro atoms. The van der Waals surface area contributed by atoms with E-state index in [0.717, 1.165) is 30.6 Å². The molecule has 126 valence electrons. The lowest BCUT2D eigenvalue weighted by molar-refractivity contribution is -0.117. The first-order valence-electron chi connectivity index (χ1n) is 9.48. The maximum Gasteiger partial charge on any atom is 0.155 e. The standard InChI is InChI=1S/C21H29BrO/c1-4-13-5-6-16-15-12-19(22)18-11-14(23)7-9-21(18,3)17(15)8-10-20(13,16)2/h5,11,15-17,19H,4,6-10,12H2,1-3H3. The number of halogens is 1. The van der Waals surface area contributed by atoms with Gasteiger partial charge in [0, 0.05) is 11.2 Å². The molecule has 1 nitrogen and oxygen atoms in total. The molecule has 0 amide bonds. The highest BCUT2D eigenvalue weighted by Crippen LogP contribution is 2.66. The summed E-state index contributed by atoms with van der Waals surface area (Å²) in [5.41, 5.74) is 3.84. The normalized spacial score (nSPS) is 49.0. The first-order valence-corrected chi connectivity index (χ1v) is 10.4. The quantitative estimate of drug-likeness (QED) is 0.415. The van der Waals surface area contributed by atoms with Gasteiger partial charge in [-0.15, -0.1) is 0 Å². The van der Waals surface area contributed by atoms with Crippen LogP contribution in [0.15, 0.2) is 23.3 Å². The Morgan fingerprint density at radius 2 is 2.00 bits per heavy atom. The van der Waals surface area contributed by atoms with Gasteiger partial charge in [-0.2, -0.15) is 0 Å². The van der Waals surface area contributed by atoms with Crippen molar-refractivity contribution in [3.05, 3.63) is 23.3 Å². The van der Waals surface area contributed by atoms with E-state index in [1.807, 2.05) is 6.08 Å². The van der Waals surface area contributed by atoms with Crippen LogP contribution in [0.25, 0.3) is 0 Å². The predicted molar refractivity (Wildman–Crippen MR) is 98.6 cm³/mol. The lowest BCUT2D eigenvalue weighted by Crippen LogP contribution is -2.52. The van der Waals surface area contributed by atoms with Gasteiger partial charge < -0.3 is 0 Å². The van der Waals surface area contributed by atoms with Crippen LogP contribution in [0.4, 0.5) is 0 Å². The van der Waals surface area contributed by atoms with Crippen LogP contribution in [0.1, 0.15) is 65.7 Å². The maximum atomic E-state index is 12.0. The number of rotatable bonds is 1. The molecule has 2 saturated carbocycles. The van der Waals surface area contributed by atoms with Crippen LogP contribution in [0, 0.1) is 28.6 Å². The number of carbonyl (C=O) groups is 1. The molecule has 0 aliphatic heterocycles. The summed E-state index contributed by atoms with van der Waals surface area (Å²) in [5.74, 6) is 2.76. The number of hydrogen-bond acceptors (Lipinski definition) is 1. The Bertz CT molecular complexity index is 603. The molecule has 4 aliphatic carbocycles. The van der Waals surface area contributed by atoms with Crippen molar-refractivity contribution in [3.8, 4) is 0 Å². The fraction of sp³-hybridized carbons (Fsp3) is 0.762. The molecule has 2 heteroatoms. The molecule has 0 aromatic rings. The summed E-state index contributed by atoms with van der Waals surface area (Å²) in [5, 5.41) is 0. The number of hydrogen-bond donors (Lipinski definition) is 0. The predicted octanol–water partition coefficient (Wildman–Crippen LogP) is 5.84. The van der Waals surface area contributed by atoms with E-state index in [9.17, 15) is 4.79 Å². The van der Waals surface area contributed by atoms with E-state index in [0.29, 0.717) is 16.0 Å². The summed E-state index contributed by atoms with van der Waals surface area (Å²) in [6.07, 6.45) is 12.8. The van der Waals surface area contributed by atoms with E-state index in [4.69, 9.17) is 0 Å². The number of alkyl halides is 1. The van der Waals surface area contributed by atoms with Crippen LogP contribution in [0.5, 0.6) is 0 Å². The Morgan fingerprint density at radius 1 is 1.22 bits per heavy atom. The van der Waals surface area contributed by atoms with Crippen molar-refractivity contribution in [1.29, 1.82) is 0 Å². The molecule has 23 heavy (non-hydrogen) atoms. The molecule has 0 bridgehead atoms. The highest BCUT2D eigenvalue weighted by atomic mass is 79.9. The fourth-order valence-electron chi connectivity index (χ4n) is 6.76. The van der Waals surface area contributed by atoms with Gasteiger partial charge in [-0.05, 0) is 78.8 Å². The fourth-order valence-corrected chi connectivity index (χ4v) is 7.85. The molecule has 4 rings (SSSR count). The van der Waals surface area contributed by atoms with Gasteiger partial charge >= 0.3 is 0 Å². The minimum Gasteiger partial charge on any atom is -0.295 e. The Balaban J connectivity index is 1.71. The lowest BCUT2D eigenvalue weighted by Gasteiger charge is -2.59. The van der Waals surface area contributed by atoms with E-state index in [-0.39, 0.29) is 5.41 Å². The molecule has 0 aromatic carbocycles. The van der Waals surface area contributed by atoms with Crippen LogP contribution in [-0.2, 0) is 4.79 Å². The first kappa shape index (κ1) is 16.1. The van der Waals surface area contributed by atoms with Gasteiger partial charge in [0.25, 0.3) is 0 Å². The largest absolute Gasteiger partial charge is 0.295 e. The van der Waals surface area contributed by atoms with E-state index in [1.54, 1.807) is 5.57 Å². The average Bonchev–Trinajstić information content (AvgIpc) is 2.86. The number of carbonyl (C=O) groups excluding carboxylic acids is 1. The molecule has 0 aromatic heterocycles. The van der Waals surface area contributed by atoms with Crippen molar-refractivity contribution >= 4 is 21.7 Å². The Hall–Kier alpha value is -0.370. The van der Waals surface area contributed by atoms with Crippen LogP contribution < -0.4 is 0 Å². The SMILES string of the molecule is CCC1=CCC2C3CC(Br)C4=CC(=O)CCC4(C)C3CCC12C. The zero-order valence-electron chi connectivity index (χ0n) is 14.7. The van der Waals surface area contributed by atoms with E-state index in [2.05, 4.69) is 42.8 Å². The van der Waals surface area contributed by atoms with E-state index < -0.39 is 0 Å². The van der Waals surface area contributed by atoms with Crippen molar-refractivity contribution in [3.63, 3.8) is 0 Å². The molecule has 6 unspecified atom stereocenters. The molecule has 2 fully saturated rings. The highest BCUT2D eigenvalue weighted by Gasteiger charge is 2.58. The monoisotopic (exact) mass is 376 g/mol. The molecular weight excluding hydrogens is 348 g/mol. The second kappa shape index (κ2) is 5.31. The third-order valence-corrected chi connectivity index (χ3v) is 8.93. The van der Waals surface area contributed by atoms with Gasteiger partial charge in [-0.3, -0.25) is 4.79 Å². The zero-order chi connectivity index (χ0) is 16.4. The van der Waals surface area contributed by atoms with Gasteiger partial charge in [0.15, 0.2) is 5.78 Å². The molecule has 0 saturated heterocycles. The molecular formula is C21H29BrO. The van der Waals surface area contributed by atoms with Crippen LogP contribution in [0.2, 0.25) is 0 Å². The van der Waals surface area contributed by atoms with Crippen LogP contribution >= 0.6 is 15.9 Å². The Morgan fingerprint density at radius 3 is 2.74 bits per heavy atom. The highest BCUT2D eigenvalue weighted by molar-refractivity contribution is 9.09. The summed E-state index contributed by atoms with van der Waals surface area (Å²) in [7, 11) is 0. The first-order chi connectivity index (χ1) is 10.9. The van der Waals surface area contributed by atoms with Crippen molar-refractivity contribution in [2.75, 3.05) is 0 Å². The maximum absolute atomic E-state index is 12.0. The summed E-state index contributed by atoms with van der Waals surface area (Å²) in [6, 6.07) is 0. The molecule has 0 heterocycles. The molecule has 4 aliphatic rings. The van der Waals surface area contributed by atoms with Gasteiger partial charge in [-0.1, -0.05) is 48.4 Å². The molecule has 0 N–H and O–H groups in total. The van der Waals surface area contributed by atoms with Crippen molar-refractivity contribution in [2.24, 2.45) is 28.6 Å². The number of ketones is 1. The Labute approximate surface area is 149 Å². The number of fused-ring (bicyclic) bond motifs is 5. The van der Waals surface area contributed by atoms with Gasteiger partial charge in [0.05, 0.1) is 0 Å². The second-order valence-corrected chi connectivity index (χ2v) is 9.94. The minimum absolute atomic E-state index is 0.251. The average molecular weight is 377 g/mol. The second-order valence-electron chi connectivity index (χ2n) is 8.84. The Kier molecular flexibility index (Phi) is 3.72. The minimum atomic E-state index is 0.251. The van der Waals surface area contributed by atoms with E-state index in [1.165, 1.54) is 37.7 Å². The third kappa shape index (κ3) is 2.12. The summed E-state index contributed by atoms with van der Waals surface area (Å²) < 4.78 is 0. The lowest BCUT2D eigenvalue weighted by atomic mass is 9.47.